The minimum atomic E-state index is 0.133. The Bertz CT molecular complexity index is 488. The third-order valence-electron chi connectivity index (χ3n) is 2.78. The van der Waals surface area contributed by atoms with Gasteiger partial charge < -0.3 is 4.42 Å². The van der Waals surface area contributed by atoms with Crippen LogP contribution in [0.2, 0.25) is 0 Å². The number of hydrogen-bond acceptors (Lipinski definition) is 2. The zero-order chi connectivity index (χ0) is 12.1. The lowest BCUT2D eigenvalue weighted by Gasteiger charge is -2.09. The summed E-state index contributed by atoms with van der Waals surface area (Å²) in [5, 5.41) is 4.45. The van der Waals surface area contributed by atoms with Gasteiger partial charge in [-0.3, -0.25) is 5.32 Å². The minimum Gasteiger partial charge on any atom is -0.460 e. The number of rotatable bonds is 5. The van der Waals surface area contributed by atoms with Crippen molar-refractivity contribution in [2.45, 2.75) is 32.4 Å². The molecule has 2 aromatic rings. The highest BCUT2D eigenvalue weighted by molar-refractivity contribution is 5.77. The van der Waals surface area contributed by atoms with E-state index < -0.39 is 0 Å². The van der Waals surface area contributed by atoms with E-state index in [1.54, 1.807) is 0 Å². The Kier molecular flexibility index (Phi) is 3.85. The maximum Gasteiger partial charge on any atom is 0.134 e. The molecule has 1 aromatic heterocycles. The van der Waals surface area contributed by atoms with Crippen molar-refractivity contribution in [2.75, 3.05) is 0 Å². The smallest absolute Gasteiger partial charge is 0.134 e. The van der Waals surface area contributed by atoms with Crippen LogP contribution in [0.4, 0.5) is 0 Å². The van der Waals surface area contributed by atoms with Gasteiger partial charge in [-0.05, 0) is 18.6 Å². The number of benzene rings is 1. The fourth-order valence-corrected chi connectivity index (χ4v) is 1.88. The van der Waals surface area contributed by atoms with Crippen molar-refractivity contribution in [2.24, 2.45) is 0 Å². The standard InChI is InChI=1S/C15H17NO/c1-3-7-13(4-2)16-11-14-10-12-8-5-6-9-15(12)17-14/h2,5-6,8-10,13,16H,3,7,11H2,1H3. The second-order valence-corrected chi connectivity index (χ2v) is 4.14. The van der Waals surface area contributed by atoms with Gasteiger partial charge in [-0.1, -0.05) is 37.5 Å². The summed E-state index contributed by atoms with van der Waals surface area (Å²) in [4.78, 5) is 0. The second-order valence-electron chi connectivity index (χ2n) is 4.14. The fourth-order valence-electron chi connectivity index (χ4n) is 1.88. The second kappa shape index (κ2) is 5.56. The molecule has 88 valence electrons. The average Bonchev–Trinajstić information content (AvgIpc) is 2.77. The average molecular weight is 227 g/mol. The minimum absolute atomic E-state index is 0.133. The molecule has 0 bridgehead atoms. The van der Waals surface area contributed by atoms with Crippen molar-refractivity contribution in [3.8, 4) is 12.3 Å². The number of furan rings is 1. The molecule has 17 heavy (non-hydrogen) atoms. The molecule has 0 aliphatic heterocycles. The zero-order valence-corrected chi connectivity index (χ0v) is 10.1. The Balaban J connectivity index is 2.01. The van der Waals surface area contributed by atoms with E-state index in [4.69, 9.17) is 10.8 Å². The van der Waals surface area contributed by atoms with Gasteiger partial charge in [0.25, 0.3) is 0 Å². The summed E-state index contributed by atoms with van der Waals surface area (Å²) in [7, 11) is 0. The van der Waals surface area contributed by atoms with Crippen molar-refractivity contribution in [1.82, 2.24) is 5.32 Å². The molecule has 2 heteroatoms. The molecular formula is C15H17NO. The van der Waals surface area contributed by atoms with Crippen LogP contribution in [0.15, 0.2) is 34.7 Å². The van der Waals surface area contributed by atoms with Crippen molar-refractivity contribution in [3.63, 3.8) is 0 Å². The highest BCUT2D eigenvalue weighted by Crippen LogP contribution is 2.18. The van der Waals surface area contributed by atoms with Crippen LogP contribution < -0.4 is 5.32 Å². The van der Waals surface area contributed by atoms with Gasteiger partial charge in [-0.25, -0.2) is 0 Å². The van der Waals surface area contributed by atoms with Crippen LogP contribution in [0.25, 0.3) is 11.0 Å². The third kappa shape index (κ3) is 2.89. The Morgan fingerprint density at radius 2 is 2.24 bits per heavy atom. The molecule has 0 aliphatic carbocycles. The monoisotopic (exact) mass is 227 g/mol. The summed E-state index contributed by atoms with van der Waals surface area (Å²) in [5.41, 5.74) is 0.928. The van der Waals surface area contributed by atoms with E-state index >= 15 is 0 Å². The molecule has 1 atom stereocenters. The summed E-state index contributed by atoms with van der Waals surface area (Å²) in [5.74, 6) is 3.69. The van der Waals surface area contributed by atoms with Crippen LogP contribution in [0.1, 0.15) is 25.5 Å². The zero-order valence-electron chi connectivity index (χ0n) is 10.1. The van der Waals surface area contributed by atoms with Crippen LogP contribution in [0.5, 0.6) is 0 Å². The fraction of sp³-hybridized carbons (Fsp3) is 0.333. The first-order valence-corrected chi connectivity index (χ1v) is 6.00. The van der Waals surface area contributed by atoms with E-state index in [1.807, 2.05) is 24.3 Å². The van der Waals surface area contributed by atoms with Crippen LogP contribution in [0.3, 0.4) is 0 Å². The molecule has 1 N–H and O–H groups in total. The van der Waals surface area contributed by atoms with Crippen molar-refractivity contribution < 1.29 is 4.42 Å². The molecule has 0 fully saturated rings. The summed E-state index contributed by atoms with van der Waals surface area (Å²) < 4.78 is 5.71. The number of hydrogen-bond donors (Lipinski definition) is 1. The van der Waals surface area contributed by atoms with E-state index in [2.05, 4.69) is 24.2 Å². The lowest BCUT2D eigenvalue weighted by Crippen LogP contribution is -2.26. The third-order valence-corrected chi connectivity index (χ3v) is 2.78. The highest BCUT2D eigenvalue weighted by atomic mass is 16.3. The predicted molar refractivity (Wildman–Crippen MR) is 70.6 cm³/mol. The predicted octanol–water partition coefficient (Wildman–Crippen LogP) is 3.32. The molecule has 1 heterocycles. The maximum atomic E-state index is 5.71. The SMILES string of the molecule is C#CC(CCC)NCc1cc2ccccc2o1. The van der Waals surface area contributed by atoms with Gasteiger partial charge in [0.2, 0.25) is 0 Å². The van der Waals surface area contributed by atoms with Gasteiger partial charge in [-0.15, -0.1) is 6.42 Å². The quantitative estimate of drug-likeness (QED) is 0.793. The summed E-state index contributed by atoms with van der Waals surface area (Å²) >= 11 is 0. The van der Waals surface area contributed by atoms with Crippen molar-refractivity contribution >= 4 is 11.0 Å². The first kappa shape index (κ1) is 11.8. The molecule has 0 spiro atoms. The van der Waals surface area contributed by atoms with Crippen LogP contribution in [-0.4, -0.2) is 6.04 Å². The molecule has 0 aliphatic rings. The molecular weight excluding hydrogens is 210 g/mol. The van der Waals surface area contributed by atoms with E-state index in [0.29, 0.717) is 6.54 Å². The highest BCUT2D eigenvalue weighted by Gasteiger charge is 2.06. The first-order valence-electron chi connectivity index (χ1n) is 6.00. The van der Waals surface area contributed by atoms with E-state index in [1.165, 1.54) is 0 Å². The molecule has 0 amide bonds. The van der Waals surface area contributed by atoms with Crippen LogP contribution in [-0.2, 0) is 6.54 Å². The Morgan fingerprint density at radius 3 is 2.94 bits per heavy atom. The summed E-state index contributed by atoms with van der Waals surface area (Å²) in [6, 6.07) is 10.2. The lowest BCUT2D eigenvalue weighted by molar-refractivity contribution is 0.483. The molecule has 2 nitrogen and oxygen atoms in total. The first-order chi connectivity index (χ1) is 8.33. The summed E-state index contributed by atoms with van der Waals surface area (Å²) in [6.07, 6.45) is 7.54. The van der Waals surface area contributed by atoms with Gasteiger partial charge in [0, 0.05) is 5.39 Å². The number of fused-ring (bicyclic) bond motifs is 1. The van der Waals surface area contributed by atoms with Gasteiger partial charge in [0.15, 0.2) is 0 Å². The Hall–Kier alpha value is -1.72. The van der Waals surface area contributed by atoms with Crippen LogP contribution in [0, 0.1) is 12.3 Å². The molecule has 1 unspecified atom stereocenters. The summed E-state index contributed by atoms with van der Waals surface area (Å²) in [6.45, 7) is 2.82. The van der Waals surface area contributed by atoms with Crippen molar-refractivity contribution in [1.29, 1.82) is 0 Å². The van der Waals surface area contributed by atoms with E-state index in [9.17, 15) is 0 Å². The lowest BCUT2D eigenvalue weighted by atomic mass is 10.2. The molecule has 0 saturated heterocycles. The van der Waals surface area contributed by atoms with E-state index in [-0.39, 0.29) is 6.04 Å². The molecule has 0 saturated carbocycles. The van der Waals surface area contributed by atoms with Gasteiger partial charge in [0.05, 0.1) is 12.6 Å². The topological polar surface area (TPSA) is 25.2 Å². The molecule has 2 rings (SSSR count). The van der Waals surface area contributed by atoms with Gasteiger partial charge in [-0.2, -0.15) is 0 Å². The molecule has 0 radical (unpaired) electrons. The number of para-hydroxylation sites is 1. The van der Waals surface area contributed by atoms with Crippen LogP contribution >= 0.6 is 0 Å². The molecule has 1 aromatic carbocycles. The largest absolute Gasteiger partial charge is 0.460 e. The Labute approximate surface area is 102 Å². The number of nitrogens with one attached hydrogen (secondary N) is 1. The number of terminal acetylenes is 1. The van der Waals surface area contributed by atoms with Crippen molar-refractivity contribution in [3.05, 3.63) is 36.1 Å². The van der Waals surface area contributed by atoms with Gasteiger partial charge in [0.1, 0.15) is 11.3 Å². The Morgan fingerprint density at radius 1 is 1.41 bits per heavy atom. The normalized spacial score (nSPS) is 12.5. The van der Waals surface area contributed by atoms with E-state index in [0.717, 1.165) is 29.6 Å². The maximum absolute atomic E-state index is 5.71. The van der Waals surface area contributed by atoms with Gasteiger partial charge >= 0.3 is 0 Å².